The minimum absolute atomic E-state index is 0.0971. The van der Waals surface area contributed by atoms with Gasteiger partial charge in [0.2, 0.25) is 0 Å². The van der Waals surface area contributed by atoms with Gasteiger partial charge in [-0.3, -0.25) is 0 Å². The van der Waals surface area contributed by atoms with Crippen LogP contribution < -0.4 is 0 Å². The van der Waals surface area contributed by atoms with Crippen molar-refractivity contribution in [3.05, 3.63) is 35.9 Å². The minimum Gasteiger partial charge on any atom is -0.387 e. The normalized spacial score (nSPS) is 14.8. The summed E-state index contributed by atoms with van der Waals surface area (Å²) in [4.78, 5) is 0. The highest BCUT2D eigenvalue weighted by molar-refractivity contribution is 6.78. The average molecular weight is 232 g/mol. The van der Waals surface area contributed by atoms with Crippen LogP contribution in [0.15, 0.2) is 30.3 Å². The smallest absolute Gasteiger partial charge is 0.0901 e. The van der Waals surface area contributed by atoms with E-state index in [0.717, 1.165) is 5.56 Å². The molecule has 0 aliphatic rings. The number of rotatable bonds is 3. The van der Waals surface area contributed by atoms with Crippen molar-refractivity contribution >= 4 is 8.07 Å². The van der Waals surface area contributed by atoms with Crippen LogP contribution in [-0.2, 0) is 0 Å². The Hall–Kier alpha value is -1.04. The molecule has 0 bridgehead atoms. The molecule has 0 fully saturated rings. The average Bonchev–Trinajstić information content (AvgIpc) is 2.25. The van der Waals surface area contributed by atoms with Gasteiger partial charge in [-0.15, -0.1) is 11.8 Å². The number of hydrogen-bond donors (Lipinski definition) is 1. The van der Waals surface area contributed by atoms with Crippen LogP contribution in [-0.4, -0.2) is 13.2 Å². The lowest BCUT2D eigenvalue weighted by atomic mass is 10.1. The van der Waals surface area contributed by atoms with Gasteiger partial charge in [-0.05, 0) is 12.5 Å². The molecule has 0 aliphatic carbocycles. The molecule has 0 heterocycles. The summed E-state index contributed by atoms with van der Waals surface area (Å²) in [5.74, 6) is 6.13. The number of aliphatic hydroxyl groups is 1. The minimum atomic E-state index is -1.48. The molecule has 86 valence electrons. The number of aliphatic hydroxyl groups excluding tert-OH is 1. The highest BCUT2D eigenvalue weighted by Gasteiger charge is 2.32. The van der Waals surface area contributed by atoms with Gasteiger partial charge in [-0.1, -0.05) is 50.0 Å². The molecule has 1 N–H and O–H groups in total. The maximum atomic E-state index is 10.4. The summed E-state index contributed by atoms with van der Waals surface area (Å²) in [5.41, 5.74) is 1.07. The van der Waals surface area contributed by atoms with Gasteiger partial charge in [0.1, 0.15) is 0 Å². The van der Waals surface area contributed by atoms with E-state index in [9.17, 15) is 5.11 Å². The Bertz CT molecular complexity index is 381. The Balaban J connectivity index is 3.00. The van der Waals surface area contributed by atoms with E-state index in [2.05, 4.69) is 31.5 Å². The van der Waals surface area contributed by atoms with E-state index in [4.69, 9.17) is 0 Å². The number of benzene rings is 1. The maximum Gasteiger partial charge on any atom is 0.0901 e. The van der Waals surface area contributed by atoms with Crippen molar-refractivity contribution < 1.29 is 5.11 Å². The highest BCUT2D eigenvalue weighted by atomic mass is 28.3. The van der Waals surface area contributed by atoms with Crippen molar-refractivity contribution in [2.45, 2.75) is 38.2 Å². The highest BCUT2D eigenvalue weighted by Crippen LogP contribution is 2.34. The summed E-state index contributed by atoms with van der Waals surface area (Å²) < 4.78 is 0. The Labute approximate surface area is 99.5 Å². The summed E-state index contributed by atoms with van der Waals surface area (Å²) in [6.07, 6.45) is -0.458. The quantitative estimate of drug-likeness (QED) is 0.625. The molecular weight excluding hydrogens is 212 g/mol. The predicted octanol–water partition coefficient (Wildman–Crippen LogP) is 3.45. The van der Waals surface area contributed by atoms with Crippen molar-refractivity contribution in [1.29, 1.82) is 0 Å². The molecule has 1 rings (SSSR count). The molecule has 0 aromatic heterocycles. The summed E-state index contributed by atoms with van der Waals surface area (Å²) in [6.45, 7) is 8.57. The second kappa shape index (κ2) is 5.34. The molecule has 0 spiro atoms. The van der Waals surface area contributed by atoms with E-state index >= 15 is 0 Å². The van der Waals surface area contributed by atoms with Gasteiger partial charge in [-0.25, -0.2) is 0 Å². The second-order valence-electron chi connectivity index (χ2n) is 5.09. The van der Waals surface area contributed by atoms with Crippen molar-refractivity contribution in [3.8, 4) is 11.8 Å². The molecule has 0 radical (unpaired) electrons. The Kier molecular flexibility index (Phi) is 4.34. The molecule has 2 heteroatoms. The first-order valence-corrected chi connectivity index (χ1v) is 9.20. The number of hydrogen-bond acceptors (Lipinski definition) is 1. The Morgan fingerprint density at radius 2 is 1.69 bits per heavy atom. The zero-order valence-corrected chi connectivity index (χ0v) is 11.5. The van der Waals surface area contributed by atoms with E-state index in [1.807, 2.05) is 37.3 Å². The van der Waals surface area contributed by atoms with Crippen LogP contribution in [0.2, 0.25) is 25.2 Å². The molecule has 0 unspecified atom stereocenters. The standard InChI is InChI=1S/C14H20OSi/c1-5-9-13(16(2,3)4)14(15)12-10-7-6-8-11-12/h6-8,10-11,13-15H,1-4H3/t13-,14-/m1/s1. The summed E-state index contributed by atoms with van der Waals surface area (Å²) >= 11 is 0. The maximum absolute atomic E-state index is 10.4. The third-order valence-electron chi connectivity index (χ3n) is 2.69. The van der Waals surface area contributed by atoms with Gasteiger partial charge in [0.25, 0.3) is 0 Å². The van der Waals surface area contributed by atoms with Gasteiger partial charge < -0.3 is 5.11 Å². The molecule has 2 atom stereocenters. The van der Waals surface area contributed by atoms with Crippen molar-refractivity contribution in [2.24, 2.45) is 0 Å². The largest absolute Gasteiger partial charge is 0.387 e. The lowest BCUT2D eigenvalue weighted by molar-refractivity contribution is 0.181. The van der Waals surface area contributed by atoms with Gasteiger partial charge in [0.15, 0.2) is 0 Å². The van der Waals surface area contributed by atoms with E-state index in [0.29, 0.717) is 0 Å². The van der Waals surface area contributed by atoms with E-state index in [-0.39, 0.29) is 5.54 Å². The Morgan fingerprint density at radius 3 is 2.12 bits per heavy atom. The van der Waals surface area contributed by atoms with E-state index in [1.54, 1.807) is 0 Å². The third kappa shape index (κ3) is 3.23. The molecule has 1 aromatic rings. The third-order valence-corrected chi connectivity index (χ3v) is 5.02. The fourth-order valence-corrected chi connectivity index (χ4v) is 3.48. The fraction of sp³-hybridized carbons (Fsp3) is 0.429. The first-order valence-electron chi connectivity index (χ1n) is 5.62. The van der Waals surface area contributed by atoms with Crippen LogP contribution in [0.4, 0.5) is 0 Å². The first kappa shape index (κ1) is 13.0. The summed E-state index contributed by atoms with van der Waals surface area (Å²) in [6, 6.07) is 9.81. The van der Waals surface area contributed by atoms with Gasteiger partial charge in [-0.2, -0.15) is 0 Å². The topological polar surface area (TPSA) is 20.2 Å². The molecule has 0 saturated heterocycles. The van der Waals surface area contributed by atoms with Gasteiger partial charge >= 0.3 is 0 Å². The fourth-order valence-electron chi connectivity index (χ4n) is 1.77. The second-order valence-corrected chi connectivity index (χ2v) is 10.4. The van der Waals surface area contributed by atoms with Crippen LogP contribution in [0.5, 0.6) is 0 Å². The van der Waals surface area contributed by atoms with E-state index in [1.165, 1.54) is 0 Å². The zero-order valence-electron chi connectivity index (χ0n) is 10.5. The molecule has 16 heavy (non-hydrogen) atoms. The predicted molar refractivity (Wildman–Crippen MR) is 71.9 cm³/mol. The molecule has 0 saturated carbocycles. The summed E-state index contributed by atoms with van der Waals surface area (Å²) in [7, 11) is -1.48. The van der Waals surface area contributed by atoms with Crippen molar-refractivity contribution in [3.63, 3.8) is 0 Å². The first-order chi connectivity index (χ1) is 7.46. The molecule has 1 nitrogen and oxygen atoms in total. The van der Waals surface area contributed by atoms with Gasteiger partial charge in [0, 0.05) is 5.54 Å². The monoisotopic (exact) mass is 232 g/mol. The van der Waals surface area contributed by atoms with E-state index < -0.39 is 14.2 Å². The molecular formula is C14H20OSi. The Morgan fingerprint density at radius 1 is 1.12 bits per heavy atom. The molecule has 0 amide bonds. The molecule has 0 aliphatic heterocycles. The summed E-state index contributed by atoms with van der Waals surface area (Å²) in [5, 5.41) is 10.4. The van der Waals surface area contributed by atoms with Gasteiger partial charge in [0.05, 0.1) is 14.2 Å². The lowest BCUT2D eigenvalue weighted by Gasteiger charge is -2.29. The van der Waals surface area contributed by atoms with Crippen molar-refractivity contribution in [1.82, 2.24) is 0 Å². The zero-order chi connectivity index (χ0) is 12.2. The van der Waals surface area contributed by atoms with Crippen molar-refractivity contribution in [2.75, 3.05) is 0 Å². The lowest BCUT2D eigenvalue weighted by Crippen LogP contribution is -2.31. The SMILES string of the molecule is CC#C[C@H]([C@H](O)c1ccccc1)[Si](C)(C)C. The van der Waals surface area contributed by atoms with Crippen LogP contribution >= 0.6 is 0 Å². The van der Waals surface area contributed by atoms with Crippen LogP contribution in [0.1, 0.15) is 18.6 Å². The van der Waals surface area contributed by atoms with Crippen LogP contribution in [0.25, 0.3) is 0 Å². The molecule has 1 aromatic carbocycles. The van der Waals surface area contributed by atoms with Crippen LogP contribution in [0, 0.1) is 11.8 Å². The van der Waals surface area contributed by atoms with Crippen LogP contribution in [0.3, 0.4) is 0 Å².